The molecule has 1 aromatic heterocycles. The first-order valence-corrected chi connectivity index (χ1v) is 8.42. The first-order valence-electron chi connectivity index (χ1n) is 7.43. The zero-order chi connectivity index (χ0) is 16.3. The molecular formula is C17H23N3OS. The van der Waals surface area contributed by atoms with Crippen molar-refractivity contribution in [2.45, 2.75) is 45.1 Å². The molecule has 5 heteroatoms. The van der Waals surface area contributed by atoms with Crippen molar-refractivity contribution in [3.8, 4) is 0 Å². The van der Waals surface area contributed by atoms with E-state index >= 15 is 0 Å². The van der Waals surface area contributed by atoms with Gasteiger partial charge in [0.25, 0.3) is 0 Å². The van der Waals surface area contributed by atoms with E-state index in [-0.39, 0.29) is 0 Å². The molecule has 0 aliphatic carbocycles. The molecule has 118 valence electrons. The van der Waals surface area contributed by atoms with Gasteiger partial charge in [0.2, 0.25) is 5.91 Å². The number of rotatable bonds is 6. The van der Waals surface area contributed by atoms with Crippen molar-refractivity contribution in [2.24, 2.45) is 11.7 Å². The van der Waals surface area contributed by atoms with Gasteiger partial charge >= 0.3 is 0 Å². The van der Waals surface area contributed by atoms with Gasteiger partial charge in [0.15, 0.2) is 5.16 Å². The van der Waals surface area contributed by atoms with E-state index in [0.29, 0.717) is 11.5 Å². The molecule has 1 heterocycles. The molecule has 0 spiro atoms. The van der Waals surface area contributed by atoms with Crippen LogP contribution in [0.25, 0.3) is 0 Å². The third kappa shape index (κ3) is 3.91. The van der Waals surface area contributed by atoms with E-state index in [1.165, 1.54) is 5.69 Å². The van der Waals surface area contributed by atoms with Crippen molar-refractivity contribution >= 4 is 17.7 Å². The normalized spacial score (nSPS) is 11.1. The Labute approximate surface area is 136 Å². The maximum absolute atomic E-state index is 11.1. The maximum atomic E-state index is 11.1. The molecule has 1 amide bonds. The van der Waals surface area contributed by atoms with Gasteiger partial charge in [-0.05, 0) is 37.5 Å². The van der Waals surface area contributed by atoms with E-state index < -0.39 is 5.91 Å². The summed E-state index contributed by atoms with van der Waals surface area (Å²) in [5, 5.41) is 1.06. The summed E-state index contributed by atoms with van der Waals surface area (Å²) in [7, 11) is 0. The predicted octanol–water partition coefficient (Wildman–Crippen LogP) is 3.55. The maximum Gasteiger partial charge on any atom is 0.248 e. The third-order valence-electron chi connectivity index (χ3n) is 3.58. The van der Waals surface area contributed by atoms with Crippen LogP contribution in [-0.4, -0.2) is 15.5 Å². The Morgan fingerprint density at radius 2 is 1.91 bits per heavy atom. The van der Waals surface area contributed by atoms with Gasteiger partial charge in [-0.1, -0.05) is 37.7 Å². The van der Waals surface area contributed by atoms with Gasteiger partial charge < -0.3 is 10.3 Å². The van der Waals surface area contributed by atoms with Crippen molar-refractivity contribution in [3.05, 3.63) is 46.8 Å². The van der Waals surface area contributed by atoms with Crippen LogP contribution in [0, 0.1) is 19.8 Å². The molecule has 0 atom stereocenters. The lowest BCUT2D eigenvalue weighted by Gasteiger charge is -2.12. The van der Waals surface area contributed by atoms with Gasteiger partial charge in [-0.25, -0.2) is 4.98 Å². The number of aromatic nitrogens is 2. The van der Waals surface area contributed by atoms with Crippen LogP contribution >= 0.6 is 11.8 Å². The molecule has 0 aliphatic rings. The van der Waals surface area contributed by atoms with Crippen LogP contribution in [0.3, 0.4) is 0 Å². The van der Waals surface area contributed by atoms with Gasteiger partial charge in [-0.15, -0.1) is 0 Å². The summed E-state index contributed by atoms with van der Waals surface area (Å²) in [6.45, 7) is 9.58. The van der Waals surface area contributed by atoms with Crippen molar-refractivity contribution in [1.29, 1.82) is 0 Å². The number of nitrogens with zero attached hydrogens (tertiary/aromatic N) is 2. The highest BCUT2D eigenvalue weighted by Crippen LogP contribution is 2.25. The number of primary amides is 1. The van der Waals surface area contributed by atoms with Crippen molar-refractivity contribution in [2.75, 3.05) is 0 Å². The Hall–Kier alpha value is -1.75. The lowest BCUT2D eigenvalue weighted by molar-refractivity contribution is 0.100. The van der Waals surface area contributed by atoms with Gasteiger partial charge in [0, 0.05) is 23.6 Å². The minimum Gasteiger partial charge on any atom is -0.366 e. The fraction of sp³-hybridized carbons (Fsp3) is 0.412. The molecule has 1 aromatic carbocycles. The predicted molar refractivity (Wildman–Crippen MR) is 91.1 cm³/mol. The van der Waals surface area contributed by atoms with Gasteiger partial charge in [-0.2, -0.15) is 0 Å². The lowest BCUT2D eigenvalue weighted by atomic mass is 10.1. The topological polar surface area (TPSA) is 60.9 Å². The standard InChI is InChI=1S/C17H23N3OS/c1-11(2)9-20-13(4)12(3)19-17(20)22-10-14-5-7-15(8-6-14)16(18)21/h5-8,11H,9-10H2,1-4H3,(H2,18,21). The van der Waals surface area contributed by atoms with Crippen LogP contribution in [0.15, 0.2) is 29.4 Å². The Morgan fingerprint density at radius 3 is 2.45 bits per heavy atom. The fourth-order valence-corrected chi connectivity index (χ4v) is 3.28. The number of hydrogen-bond acceptors (Lipinski definition) is 3. The second kappa shape index (κ2) is 7.01. The number of thioether (sulfide) groups is 1. The monoisotopic (exact) mass is 317 g/mol. The SMILES string of the molecule is Cc1nc(SCc2ccc(C(N)=O)cc2)n(CC(C)C)c1C. The van der Waals surface area contributed by atoms with Gasteiger partial charge in [0.05, 0.1) is 5.69 Å². The highest BCUT2D eigenvalue weighted by Gasteiger charge is 2.12. The molecule has 0 saturated heterocycles. The van der Waals surface area contributed by atoms with Crippen LogP contribution in [0.1, 0.15) is 41.2 Å². The first-order chi connectivity index (χ1) is 10.4. The number of benzene rings is 1. The Bertz CT molecular complexity index is 659. The molecule has 2 aromatic rings. The summed E-state index contributed by atoms with van der Waals surface area (Å²) < 4.78 is 2.29. The molecule has 0 unspecified atom stereocenters. The fourth-order valence-electron chi connectivity index (χ4n) is 2.23. The van der Waals surface area contributed by atoms with E-state index in [9.17, 15) is 4.79 Å². The molecule has 0 radical (unpaired) electrons. The Balaban J connectivity index is 2.11. The largest absolute Gasteiger partial charge is 0.366 e. The summed E-state index contributed by atoms with van der Waals surface area (Å²) in [6.07, 6.45) is 0. The average molecular weight is 317 g/mol. The summed E-state index contributed by atoms with van der Waals surface area (Å²) in [5.41, 5.74) is 9.28. The highest BCUT2D eigenvalue weighted by atomic mass is 32.2. The number of carbonyl (C=O) groups is 1. The minimum absolute atomic E-state index is 0.391. The van der Waals surface area contributed by atoms with E-state index in [1.807, 2.05) is 12.1 Å². The molecule has 2 rings (SSSR count). The summed E-state index contributed by atoms with van der Waals surface area (Å²) in [5.74, 6) is 1.02. The quantitative estimate of drug-likeness (QED) is 0.829. The van der Waals surface area contributed by atoms with Crippen LogP contribution in [0.4, 0.5) is 0 Å². The first kappa shape index (κ1) is 16.6. The summed E-state index contributed by atoms with van der Waals surface area (Å²) >= 11 is 1.73. The Morgan fingerprint density at radius 1 is 1.27 bits per heavy atom. The zero-order valence-corrected chi connectivity index (χ0v) is 14.4. The molecule has 2 N–H and O–H groups in total. The van der Waals surface area contributed by atoms with Crippen LogP contribution < -0.4 is 5.73 Å². The second-order valence-corrected chi connectivity index (χ2v) is 6.86. The number of nitrogens with two attached hydrogens (primary N) is 1. The summed E-state index contributed by atoms with van der Waals surface area (Å²) in [4.78, 5) is 15.8. The molecule has 0 fully saturated rings. The van der Waals surface area contributed by atoms with Crippen LogP contribution in [0.5, 0.6) is 0 Å². The van der Waals surface area contributed by atoms with Gasteiger partial charge in [-0.3, -0.25) is 4.79 Å². The van der Waals surface area contributed by atoms with E-state index in [0.717, 1.165) is 28.7 Å². The molecule has 0 saturated carbocycles. The van der Waals surface area contributed by atoms with Gasteiger partial charge in [0.1, 0.15) is 0 Å². The smallest absolute Gasteiger partial charge is 0.248 e. The number of hydrogen-bond donors (Lipinski definition) is 1. The highest BCUT2D eigenvalue weighted by molar-refractivity contribution is 7.98. The molecule has 4 nitrogen and oxygen atoms in total. The number of aryl methyl sites for hydroxylation is 1. The van der Waals surface area contributed by atoms with Crippen LogP contribution in [-0.2, 0) is 12.3 Å². The molecule has 0 bridgehead atoms. The number of carbonyl (C=O) groups excluding carboxylic acids is 1. The molecule has 22 heavy (non-hydrogen) atoms. The van der Waals surface area contributed by atoms with E-state index in [4.69, 9.17) is 5.73 Å². The van der Waals surface area contributed by atoms with Crippen molar-refractivity contribution in [1.82, 2.24) is 9.55 Å². The molecular weight excluding hydrogens is 294 g/mol. The number of imidazole rings is 1. The minimum atomic E-state index is -0.391. The van der Waals surface area contributed by atoms with Crippen molar-refractivity contribution in [3.63, 3.8) is 0 Å². The molecule has 0 aliphatic heterocycles. The second-order valence-electron chi connectivity index (χ2n) is 5.92. The van der Waals surface area contributed by atoms with Crippen molar-refractivity contribution < 1.29 is 4.79 Å². The van der Waals surface area contributed by atoms with E-state index in [1.54, 1.807) is 23.9 Å². The van der Waals surface area contributed by atoms with Crippen LogP contribution in [0.2, 0.25) is 0 Å². The lowest BCUT2D eigenvalue weighted by Crippen LogP contribution is -2.10. The third-order valence-corrected chi connectivity index (χ3v) is 4.62. The number of amides is 1. The summed E-state index contributed by atoms with van der Waals surface area (Å²) in [6, 6.07) is 7.44. The average Bonchev–Trinajstić information content (AvgIpc) is 2.73. The Kier molecular flexibility index (Phi) is 5.29. The zero-order valence-electron chi connectivity index (χ0n) is 13.6. The van der Waals surface area contributed by atoms with E-state index in [2.05, 4.69) is 37.2 Å².